The number of nitrogens with one attached hydrogen (secondary N) is 1. The Labute approximate surface area is 117 Å². The molecule has 1 N–H and O–H groups in total. The van der Waals surface area contributed by atoms with Gasteiger partial charge in [-0.25, -0.2) is 0 Å². The van der Waals surface area contributed by atoms with Crippen LogP contribution in [0.3, 0.4) is 0 Å². The largest absolute Gasteiger partial charge is 0.313 e. The van der Waals surface area contributed by atoms with Gasteiger partial charge in [-0.1, -0.05) is 40.2 Å². The molecule has 0 fully saturated rings. The standard InChI is InChI=1S/C16H18BrN/c1-3-4-5-16(18-2)14-7-6-13-11-15(17)9-8-12(13)10-14/h3,6-11,16,18H,1,4-5H2,2H3. The minimum absolute atomic E-state index is 0.399. The van der Waals surface area contributed by atoms with Crippen LogP contribution in [0.2, 0.25) is 0 Å². The summed E-state index contributed by atoms with van der Waals surface area (Å²) in [5.41, 5.74) is 1.34. The van der Waals surface area contributed by atoms with E-state index in [1.807, 2.05) is 13.1 Å². The van der Waals surface area contributed by atoms with E-state index in [0.717, 1.165) is 17.3 Å². The summed E-state index contributed by atoms with van der Waals surface area (Å²) in [5.74, 6) is 0. The van der Waals surface area contributed by atoms with Gasteiger partial charge in [0.25, 0.3) is 0 Å². The van der Waals surface area contributed by atoms with E-state index in [4.69, 9.17) is 0 Å². The van der Waals surface area contributed by atoms with Crippen molar-refractivity contribution in [3.63, 3.8) is 0 Å². The lowest BCUT2D eigenvalue weighted by molar-refractivity contribution is 0.555. The van der Waals surface area contributed by atoms with Gasteiger partial charge in [0.1, 0.15) is 0 Å². The Hall–Kier alpha value is -1.12. The molecule has 0 saturated carbocycles. The zero-order valence-corrected chi connectivity index (χ0v) is 12.2. The highest BCUT2D eigenvalue weighted by atomic mass is 79.9. The van der Waals surface area contributed by atoms with Crippen LogP contribution < -0.4 is 5.32 Å². The number of hydrogen-bond acceptors (Lipinski definition) is 1. The van der Waals surface area contributed by atoms with Crippen LogP contribution in [0.25, 0.3) is 10.8 Å². The normalized spacial score (nSPS) is 12.6. The smallest absolute Gasteiger partial charge is 0.0320 e. The predicted octanol–water partition coefficient (Wildman–Crippen LogP) is 4.83. The molecule has 1 nitrogen and oxygen atoms in total. The van der Waals surface area contributed by atoms with Crippen LogP contribution in [0, 0.1) is 0 Å². The second-order valence-corrected chi connectivity index (χ2v) is 5.37. The monoisotopic (exact) mass is 303 g/mol. The number of hydrogen-bond donors (Lipinski definition) is 1. The Bertz CT molecular complexity index is 548. The van der Waals surface area contributed by atoms with Crippen molar-refractivity contribution in [3.8, 4) is 0 Å². The molecule has 0 spiro atoms. The zero-order valence-electron chi connectivity index (χ0n) is 10.6. The van der Waals surface area contributed by atoms with Crippen LogP contribution in [-0.4, -0.2) is 7.05 Å². The Morgan fingerprint density at radius 1 is 1.22 bits per heavy atom. The van der Waals surface area contributed by atoms with Crippen LogP contribution in [0.1, 0.15) is 24.4 Å². The van der Waals surface area contributed by atoms with E-state index < -0.39 is 0 Å². The fourth-order valence-electron chi connectivity index (χ4n) is 2.21. The lowest BCUT2D eigenvalue weighted by Gasteiger charge is -2.16. The molecule has 1 atom stereocenters. The van der Waals surface area contributed by atoms with E-state index in [2.05, 4.69) is 64.2 Å². The number of fused-ring (bicyclic) bond motifs is 1. The molecule has 0 aliphatic rings. The van der Waals surface area contributed by atoms with E-state index in [-0.39, 0.29) is 0 Å². The summed E-state index contributed by atoms with van der Waals surface area (Å²) < 4.78 is 1.12. The second kappa shape index (κ2) is 6.17. The first-order valence-electron chi connectivity index (χ1n) is 6.22. The molecule has 2 heteroatoms. The third-order valence-corrected chi connectivity index (χ3v) is 3.73. The van der Waals surface area contributed by atoms with E-state index in [0.29, 0.717) is 6.04 Å². The van der Waals surface area contributed by atoms with E-state index >= 15 is 0 Å². The summed E-state index contributed by atoms with van der Waals surface area (Å²) in [6.45, 7) is 3.79. The van der Waals surface area contributed by atoms with Crippen LogP contribution in [0.15, 0.2) is 53.5 Å². The molecule has 0 aromatic heterocycles. The van der Waals surface area contributed by atoms with Crippen LogP contribution in [-0.2, 0) is 0 Å². The van der Waals surface area contributed by atoms with Gasteiger partial charge >= 0.3 is 0 Å². The summed E-state index contributed by atoms with van der Waals surface area (Å²) >= 11 is 3.50. The van der Waals surface area contributed by atoms with Crippen molar-refractivity contribution < 1.29 is 0 Å². The number of allylic oxidation sites excluding steroid dienone is 1. The molecule has 0 heterocycles. The Morgan fingerprint density at radius 2 is 1.94 bits per heavy atom. The molecule has 1 unspecified atom stereocenters. The molecule has 0 amide bonds. The van der Waals surface area contributed by atoms with Crippen molar-refractivity contribution >= 4 is 26.7 Å². The summed E-state index contributed by atoms with van der Waals surface area (Å²) in [5, 5.41) is 5.93. The van der Waals surface area contributed by atoms with Gasteiger partial charge in [0, 0.05) is 10.5 Å². The topological polar surface area (TPSA) is 12.0 Å². The van der Waals surface area contributed by atoms with Gasteiger partial charge in [0.15, 0.2) is 0 Å². The Kier molecular flexibility index (Phi) is 4.56. The van der Waals surface area contributed by atoms with Crippen LogP contribution in [0.5, 0.6) is 0 Å². The van der Waals surface area contributed by atoms with E-state index in [9.17, 15) is 0 Å². The molecule has 0 aliphatic heterocycles. The molecule has 2 aromatic carbocycles. The SMILES string of the molecule is C=CCCC(NC)c1ccc2cc(Br)ccc2c1. The average Bonchev–Trinajstić information content (AvgIpc) is 2.39. The first-order valence-corrected chi connectivity index (χ1v) is 7.01. The summed E-state index contributed by atoms with van der Waals surface area (Å²) in [6, 6.07) is 13.5. The number of halogens is 1. The van der Waals surface area contributed by atoms with Crippen LogP contribution >= 0.6 is 15.9 Å². The third-order valence-electron chi connectivity index (χ3n) is 3.24. The quantitative estimate of drug-likeness (QED) is 0.780. The van der Waals surface area contributed by atoms with Crippen molar-refractivity contribution in [2.24, 2.45) is 0 Å². The highest BCUT2D eigenvalue weighted by Crippen LogP contribution is 2.25. The molecule has 0 aliphatic carbocycles. The minimum Gasteiger partial charge on any atom is -0.313 e. The maximum absolute atomic E-state index is 3.79. The fourth-order valence-corrected chi connectivity index (χ4v) is 2.59. The molecule has 0 bridgehead atoms. The van der Waals surface area contributed by atoms with Gasteiger partial charge in [-0.05, 0) is 54.4 Å². The average molecular weight is 304 g/mol. The first-order chi connectivity index (χ1) is 8.74. The van der Waals surface area contributed by atoms with E-state index in [1.54, 1.807) is 0 Å². The molecular formula is C16H18BrN. The summed E-state index contributed by atoms with van der Waals surface area (Å²) in [7, 11) is 2.01. The van der Waals surface area contributed by atoms with Gasteiger partial charge in [-0.2, -0.15) is 0 Å². The highest BCUT2D eigenvalue weighted by molar-refractivity contribution is 9.10. The molecular weight excluding hydrogens is 286 g/mol. The lowest BCUT2D eigenvalue weighted by atomic mass is 9.99. The number of rotatable bonds is 5. The van der Waals surface area contributed by atoms with Crippen molar-refractivity contribution in [2.45, 2.75) is 18.9 Å². The van der Waals surface area contributed by atoms with Gasteiger partial charge in [0.05, 0.1) is 0 Å². The fraction of sp³-hybridized carbons (Fsp3) is 0.250. The second-order valence-electron chi connectivity index (χ2n) is 4.46. The summed E-state index contributed by atoms with van der Waals surface area (Å²) in [4.78, 5) is 0. The van der Waals surface area contributed by atoms with Crippen molar-refractivity contribution in [1.29, 1.82) is 0 Å². The highest BCUT2D eigenvalue weighted by Gasteiger charge is 2.08. The van der Waals surface area contributed by atoms with Crippen molar-refractivity contribution in [1.82, 2.24) is 5.32 Å². The lowest BCUT2D eigenvalue weighted by Crippen LogP contribution is -2.15. The maximum Gasteiger partial charge on any atom is 0.0320 e. The predicted molar refractivity (Wildman–Crippen MR) is 82.9 cm³/mol. The van der Waals surface area contributed by atoms with Gasteiger partial charge in [-0.3, -0.25) is 0 Å². The summed E-state index contributed by atoms with van der Waals surface area (Å²) in [6.07, 6.45) is 4.09. The van der Waals surface area contributed by atoms with Gasteiger partial charge in [0.2, 0.25) is 0 Å². The van der Waals surface area contributed by atoms with Crippen molar-refractivity contribution in [3.05, 3.63) is 59.1 Å². The molecule has 18 heavy (non-hydrogen) atoms. The van der Waals surface area contributed by atoms with Crippen molar-refractivity contribution in [2.75, 3.05) is 7.05 Å². The minimum atomic E-state index is 0.399. The molecule has 94 valence electrons. The number of benzene rings is 2. The molecule has 0 saturated heterocycles. The maximum atomic E-state index is 3.79. The molecule has 2 rings (SSSR count). The van der Waals surface area contributed by atoms with Gasteiger partial charge < -0.3 is 5.32 Å². The Morgan fingerprint density at radius 3 is 2.67 bits per heavy atom. The Balaban J connectivity index is 2.33. The molecule has 0 radical (unpaired) electrons. The van der Waals surface area contributed by atoms with Crippen LogP contribution in [0.4, 0.5) is 0 Å². The van der Waals surface area contributed by atoms with Gasteiger partial charge in [-0.15, -0.1) is 6.58 Å². The first kappa shape index (κ1) is 13.3. The van der Waals surface area contributed by atoms with E-state index in [1.165, 1.54) is 16.3 Å². The molecule has 2 aromatic rings. The third kappa shape index (κ3) is 3.01. The zero-order chi connectivity index (χ0) is 13.0.